The number of hydrogen-bond donors (Lipinski definition) is 0. The minimum atomic E-state index is 0.130. The van der Waals surface area contributed by atoms with Crippen LogP contribution in [0.25, 0.3) is 0 Å². The third-order valence-corrected chi connectivity index (χ3v) is 6.11. The van der Waals surface area contributed by atoms with E-state index in [-0.39, 0.29) is 5.41 Å². The van der Waals surface area contributed by atoms with Crippen molar-refractivity contribution in [1.82, 2.24) is 20.1 Å². The lowest BCUT2D eigenvalue weighted by molar-refractivity contribution is 0.123. The van der Waals surface area contributed by atoms with Gasteiger partial charge in [-0.05, 0) is 12.8 Å². The van der Waals surface area contributed by atoms with Gasteiger partial charge in [-0.25, -0.2) is 4.98 Å². The molecular formula is C16H20N4O2S. The molecule has 3 aliphatic rings. The number of aromatic nitrogens is 3. The fraction of sp³-hybridized carbons (Fsp3) is 0.688. The smallest absolute Gasteiger partial charge is 0.219 e. The highest BCUT2D eigenvalue weighted by molar-refractivity contribution is 7.09. The van der Waals surface area contributed by atoms with E-state index in [1.807, 2.05) is 11.6 Å². The topological polar surface area (TPSA) is 64.3 Å². The largest absolute Gasteiger partial charge is 0.425 e. The normalized spacial score (nSPS) is 30.9. The molecule has 2 aromatic rings. The van der Waals surface area contributed by atoms with Gasteiger partial charge in [0.2, 0.25) is 11.8 Å². The van der Waals surface area contributed by atoms with Crippen molar-refractivity contribution in [3.8, 4) is 0 Å². The zero-order chi connectivity index (χ0) is 15.3. The second-order valence-electron chi connectivity index (χ2n) is 7.15. The Labute approximate surface area is 138 Å². The van der Waals surface area contributed by atoms with Crippen LogP contribution in [0.1, 0.15) is 35.5 Å². The number of thiazole rings is 1. The number of fused-ring (bicyclic) bond motifs is 1. The molecule has 0 amide bonds. The van der Waals surface area contributed by atoms with E-state index in [2.05, 4.69) is 20.1 Å². The quantitative estimate of drug-likeness (QED) is 0.835. The highest BCUT2D eigenvalue weighted by atomic mass is 32.1. The molecule has 0 bridgehead atoms. The molecule has 5 rings (SSSR count). The van der Waals surface area contributed by atoms with Gasteiger partial charge in [-0.3, -0.25) is 4.90 Å². The van der Waals surface area contributed by atoms with Crippen molar-refractivity contribution in [3.05, 3.63) is 28.4 Å². The predicted octanol–water partition coefficient (Wildman–Crippen LogP) is 2.09. The summed E-state index contributed by atoms with van der Waals surface area (Å²) in [5.74, 6) is 2.70. The van der Waals surface area contributed by atoms with Crippen molar-refractivity contribution >= 4 is 11.3 Å². The van der Waals surface area contributed by atoms with Crippen LogP contribution in [0.5, 0.6) is 0 Å². The fourth-order valence-electron chi connectivity index (χ4n) is 3.97. The maximum absolute atomic E-state index is 5.91. The number of rotatable bonds is 5. The maximum Gasteiger partial charge on any atom is 0.219 e. The predicted molar refractivity (Wildman–Crippen MR) is 84.1 cm³/mol. The van der Waals surface area contributed by atoms with Crippen LogP contribution in [0, 0.1) is 11.3 Å². The third kappa shape index (κ3) is 2.60. The summed E-state index contributed by atoms with van der Waals surface area (Å²) < 4.78 is 11.7. The Morgan fingerprint density at radius 3 is 3.13 bits per heavy atom. The minimum Gasteiger partial charge on any atom is -0.425 e. The van der Waals surface area contributed by atoms with Gasteiger partial charge in [0.25, 0.3) is 0 Å². The van der Waals surface area contributed by atoms with Gasteiger partial charge in [0.05, 0.1) is 19.8 Å². The van der Waals surface area contributed by atoms with Crippen molar-refractivity contribution < 1.29 is 9.15 Å². The van der Waals surface area contributed by atoms with Crippen LogP contribution >= 0.6 is 11.3 Å². The Balaban J connectivity index is 1.32. The van der Waals surface area contributed by atoms with Gasteiger partial charge in [-0.1, -0.05) is 0 Å². The first-order chi connectivity index (χ1) is 11.3. The first-order valence-electron chi connectivity index (χ1n) is 8.31. The lowest BCUT2D eigenvalue weighted by Gasteiger charge is -2.25. The van der Waals surface area contributed by atoms with Gasteiger partial charge >= 0.3 is 0 Å². The Bertz CT molecular complexity index is 684. The fourth-order valence-corrected chi connectivity index (χ4v) is 4.63. The van der Waals surface area contributed by atoms with E-state index in [0.29, 0.717) is 11.8 Å². The minimum absolute atomic E-state index is 0.130. The summed E-state index contributed by atoms with van der Waals surface area (Å²) in [7, 11) is 0. The van der Waals surface area contributed by atoms with Crippen molar-refractivity contribution in [2.24, 2.45) is 11.3 Å². The zero-order valence-electron chi connectivity index (χ0n) is 13.0. The molecule has 0 aromatic carbocycles. The number of nitrogens with zero attached hydrogens (tertiary/aromatic N) is 4. The molecule has 23 heavy (non-hydrogen) atoms. The molecule has 1 aliphatic carbocycles. The Kier molecular flexibility index (Phi) is 3.28. The van der Waals surface area contributed by atoms with E-state index in [0.717, 1.165) is 51.1 Å². The molecule has 2 aliphatic heterocycles. The molecule has 122 valence electrons. The number of ether oxygens (including phenoxy) is 1. The summed E-state index contributed by atoms with van der Waals surface area (Å²) in [6.07, 6.45) is 5.11. The molecule has 7 heteroatoms. The average Bonchev–Trinajstić information content (AvgIpc) is 2.92. The van der Waals surface area contributed by atoms with Crippen LogP contribution in [0.2, 0.25) is 0 Å². The highest BCUT2D eigenvalue weighted by Gasteiger charge is 2.51. The highest BCUT2D eigenvalue weighted by Crippen LogP contribution is 2.45. The molecule has 6 nitrogen and oxygen atoms in total. The summed E-state index contributed by atoms with van der Waals surface area (Å²) in [5.41, 5.74) is 0.130. The Morgan fingerprint density at radius 1 is 1.35 bits per heavy atom. The summed E-state index contributed by atoms with van der Waals surface area (Å²) >= 11 is 1.73. The van der Waals surface area contributed by atoms with Gasteiger partial charge in [-0.2, -0.15) is 0 Å². The van der Waals surface area contributed by atoms with E-state index in [1.165, 1.54) is 17.8 Å². The zero-order valence-corrected chi connectivity index (χ0v) is 13.8. The van der Waals surface area contributed by atoms with E-state index in [9.17, 15) is 0 Å². The van der Waals surface area contributed by atoms with Crippen LogP contribution in [0.4, 0.5) is 0 Å². The molecule has 2 aromatic heterocycles. The summed E-state index contributed by atoms with van der Waals surface area (Å²) in [5, 5.41) is 11.8. The van der Waals surface area contributed by atoms with E-state index < -0.39 is 0 Å². The van der Waals surface area contributed by atoms with Crippen LogP contribution in [0.3, 0.4) is 0 Å². The van der Waals surface area contributed by atoms with Crippen molar-refractivity contribution in [3.63, 3.8) is 0 Å². The van der Waals surface area contributed by atoms with Crippen molar-refractivity contribution in [2.45, 2.75) is 31.7 Å². The molecule has 0 radical (unpaired) electrons. The van der Waals surface area contributed by atoms with Gasteiger partial charge in [0, 0.05) is 48.3 Å². The lowest BCUT2D eigenvalue weighted by atomic mass is 9.78. The summed E-state index contributed by atoms with van der Waals surface area (Å²) in [6.45, 7) is 4.68. The SMILES string of the molecule is c1csc(CN2C[C@H]3COC[C@@]3(Cc3nnc(C4CC4)o3)C2)n1. The first kappa shape index (κ1) is 14.1. The van der Waals surface area contributed by atoms with Gasteiger partial charge in [0.1, 0.15) is 5.01 Å². The lowest BCUT2D eigenvalue weighted by Crippen LogP contribution is -2.33. The molecule has 0 unspecified atom stereocenters. The van der Waals surface area contributed by atoms with E-state index in [1.54, 1.807) is 11.3 Å². The molecule has 3 fully saturated rings. The second kappa shape index (κ2) is 5.36. The van der Waals surface area contributed by atoms with E-state index in [4.69, 9.17) is 9.15 Å². The van der Waals surface area contributed by atoms with Gasteiger partial charge in [0.15, 0.2) is 0 Å². The average molecular weight is 332 g/mol. The van der Waals surface area contributed by atoms with Crippen molar-refractivity contribution in [2.75, 3.05) is 26.3 Å². The molecule has 0 N–H and O–H groups in total. The van der Waals surface area contributed by atoms with Gasteiger partial charge in [-0.15, -0.1) is 21.5 Å². The van der Waals surface area contributed by atoms with Crippen molar-refractivity contribution in [1.29, 1.82) is 0 Å². The van der Waals surface area contributed by atoms with Crippen LogP contribution < -0.4 is 0 Å². The molecule has 0 spiro atoms. The molecule has 2 atom stereocenters. The van der Waals surface area contributed by atoms with E-state index >= 15 is 0 Å². The van der Waals surface area contributed by atoms with Crippen LogP contribution in [-0.4, -0.2) is 46.4 Å². The maximum atomic E-state index is 5.91. The number of likely N-dealkylation sites (tertiary alicyclic amines) is 1. The van der Waals surface area contributed by atoms with Crippen LogP contribution in [-0.2, 0) is 17.7 Å². The Morgan fingerprint density at radius 2 is 2.30 bits per heavy atom. The van der Waals surface area contributed by atoms with Gasteiger partial charge < -0.3 is 9.15 Å². The van der Waals surface area contributed by atoms with Crippen LogP contribution in [0.15, 0.2) is 16.0 Å². The number of hydrogen-bond acceptors (Lipinski definition) is 7. The molecular weight excluding hydrogens is 312 g/mol. The summed E-state index contributed by atoms with van der Waals surface area (Å²) in [6, 6.07) is 0. The molecule has 2 saturated heterocycles. The standard InChI is InChI=1S/C16H20N4O2S/c1-2-11(1)15-19-18-13(22-15)5-16-9-20(6-12(16)8-21-10-16)7-14-17-3-4-23-14/h3-4,11-12H,1-2,5-10H2/t12-,16+/m0/s1. The first-order valence-corrected chi connectivity index (χ1v) is 9.19. The monoisotopic (exact) mass is 332 g/mol. The second-order valence-corrected chi connectivity index (χ2v) is 8.13. The summed E-state index contributed by atoms with van der Waals surface area (Å²) in [4.78, 5) is 6.92. The molecule has 1 saturated carbocycles. The Hall–Kier alpha value is -1.31. The third-order valence-electron chi connectivity index (χ3n) is 5.35. The molecule has 4 heterocycles.